The van der Waals surface area contributed by atoms with Gasteiger partial charge in [-0.1, -0.05) is 26.3 Å². The molecule has 2 aliphatic rings. The minimum atomic E-state index is -0.0142. The lowest BCUT2D eigenvalue weighted by Gasteiger charge is -2.39. The van der Waals surface area contributed by atoms with Crippen molar-refractivity contribution < 1.29 is 4.79 Å². The first kappa shape index (κ1) is 15.0. The highest BCUT2D eigenvalue weighted by molar-refractivity contribution is 7.10. The molecule has 4 heteroatoms. The average Bonchev–Trinajstić information content (AvgIpc) is 2.95. The zero-order valence-electron chi connectivity index (χ0n) is 13.2. The lowest BCUT2D eigenvalue weighted by molar-refractivity contribution is -0.134. The van der Waals surface area contributed by atoms with Crippen LogP contribution in [0.1, 0.15) is 57.5 Å². The van der Waals surface area contributed by atoms with Gasteiger partial charge in [0, 0.05) is 10.9 Å². The van der Waals surface area contributed by atoms with Gasteiger partial charge in [-0.05, 0) is 49.5 Å². The summed E-state index contributed by atoms with van der Waals surface area (Å²) in [4.78, 5) is 16.3. The van der Waals surface area contributed by atoms with E-state index in [1.165, 1.54) is 24.1 Å². The van der Waals surface area contributed by atoms with Gasteiger partial charge in [-0.3, -0.25) is 10.1 Å². The quantitative estimate of drug-likeness (QED) is 0.898. The maximum atomic E-state index is 12.9. The van der Waals surface area contributed by atoms with Crippen molar-refractivity contribution in [1.82, 2.24) is 10.2 Å². The maximum Gasteiger partial charge on any atom is 0.241 e. The van der Waals surface area contributed by atoms with Crippen LogP contribution in [0, 0.1) is 11.8 Å². The second kappa shape index (κ2) is 6.09. The number of hydrogen-bond donors (Lipinski definition) is 1. The molecule has 0 spiro atoms. The Kier molecular flexibility index (Phi) is 4.36. The van der Waals surface area contributed by atoms with Gasteiger partial charge in [0.05, 0.1) is 6.04 Å². The van der Waals surface area contributed by atoms with E-state index in [0.29, 0.717) is 23.8 Å². The predicted molar refractivity (Wildman–Crippen MR) is 87.1 cm³/mol. The smallest absolute Gasteiger partial charge is 0.241 e. The number of nitrogens with zero attached hydrogens (tertiary/aromatic N) is 1. The van der Waals surface area contributed by atoms with Gasteiger partial charge in [0.25, 0.3) is 0 Å². The van der Waals surface area contributed by atoms with Crippen molar-refractivity contribution in [3.05, 3.63) is 22.4 Å². The van der Waals surface area contributed by atoms with E-state index in [1.54, 1.807) is 11.3 Å². The van der Waals surface area contributed by atoms with Crippen LogP contribution in [0.2, 0.25) is 0 Å². The number of carbonyl (C=O) groups is 1. The molecule has 1 N–H and O–H groups in total. The summed E-state index contributed by atoms with van der Waals surface area (Å²) < 4.78 is 0. The molecule has 0 bridgehead atoms. The van der Waals surface area contributed by atoms with Gasteiger partial charge in [-0.2, -0.15) is 0 Å². The van der Waals surface area contributed by atoms with E-state index < -0.39 is 0 Å². The molecule has 116 valence electrons. The van der Waals surface area contributed by atoms with Crippen molar-refractivity contribution >= 4 is 17.2 Å². The summed E-state index contributed by atoms with van der Waals surface area (Å²) >= 11 is 1.75. The van der Waals surface area contributed by atoms with Gasteiger partial charge < -0.3 is 4.90 Å². The maximum absolute atomic E-state index is 12.9. The first-order chi connectivity index (χ1) is 10.1. The van der Waals surface area contributed by atoms with Crippen LogP contribution in [-0.2, 0) is 4.79 Å². The second-order valence-corrected chi connectivity index (χ2v) is 7.92. The molecule has 3 atom stereocenters. The van der Waals surface area contributed by atoms with Crippen LogP contribution in [0.3, 0.4) is 0 Å². The Morgan fingerprint density at radius 2 is 2.14 bits per heavy atom. The van der Waals surface area contributed by atoms with Gasteiger partial charge in [-0.25, -0.2) is 0 Å². The van der Waals surface area contributed by atoms with Crippen LogP contribution in [0.4, 0.5) is 0 Å². The minimum Gasteiger partial charge on any atom is -0.318 e. The van der Waals surface area contributed by atoms with Crippen molar-refractivity contribution in [2.45, 2.75) is 64.7 Å². The molecule has 21 heavy (non-hydrogen) atoms. The molecule has 2 heterocycles. The monoisotopic (exact) mass is 306 g/mol. The van der Waals surface area contributed by atoms with Gasteiger partial charge in [0.2, 0.25) is 5.91 Å². The molecule has 1 aliphatic carbocycles. The fourth-order valence-corrected chi connectivity index (χ4v) is 4.32. The Morgan fingerprint density at radius 1 is 1.38 bits per heavy atom. The molecule has 2 fully saturated rings. The highest BCUT2D eigenvalue weighted by atomic mass is 32.1. The van der Waals surface area contributed by atoms with E-state index in [2.05, 4.69) is 48.5 Å². The highest BCUT2D eigenvalue weighted by Gasteiger charge is 2.44. The Morgan fingerprint density at radius 3 is 2.67 bits per heavy atom. The summed E-state index contributed by atoms with van der Waals surface area (Å²) in [7, 11) is 0. The first-order valence-corrected chi connectivity index (χ1v) is 9.07. The molecule has 0 aromatic carbocycles. The third-order valence-electron chi connectivity index (χ3n) is 4.98. The summed E-state index contributed by atoms with van der Waals surface area (Å²) in [5, 5.41) is 5.70. The van der Waals surface area contributed by atoms with Crippen LogP contribution in [0.5, 0.6) is 0 Å². The minimum absolute atomic E-state index is 0.0142. The summed E-state index contributed by atoms with van der Waals surface area (Å²) in [6.07, 6.45) is 4.88. The van der Waals surface area contributed by atoms with E-state index in [9.17, 15) is 4.79 Å². The summed E-state index contributed by atoms with van der Waals surface area (Å²) in [6.45, 7) is 6.61. The van der Waals surface area contributed by atoms with Crippen molar-refractivity contribution in [1.29, 1.82) is 0 Å². The molecule has 1 aromatic heterocycles. The van der Waals surface area contributed by atoms with E-state index in [0.717, 1.165) is 6.42 Å². The Hall–Kier alpha value is -0.870. The van der Waals surface area contributed by atoms with E-state index in [-0.39, 0.29) is 12.2 Å². The Balaban J connectivity index is 1.83. The summed E-state index contributed by atoms with van der Waals surface area (Å²) in [5.74, 6) is 1.53. The Labute approximate surface area is 131 Å². The standard InChI is InChI=1S/C17H26N2OS/c1-11(2)10-14-17(20)19(12(3)13-6-4-7-13)16(18-14)15-8-5-9-21-15/h5,8-9,11-14,16,18H,4,6-7,10H2,1-3H3. The number of hydrogen-bond acceptors (Lipinski definition) is 3. The molecule has 3 rings (SSSR count). The lowest BCUT2D eigenvalue weighted by atomic mass is 9.79. The van der Waals surface area contributed by atoms with Crippen molar-refractivity contribution in [2.24, 2.45) is 11.8 Å². The molecular weight excluding hydrogens is 280 g/mol. The first-order valence-electron chi connectivity index (χ1n) is 8.19. The normalized spacial score (nSPS) is 28.2. The molecule has 3 nitrogen and oxygen atoms in total. The average molecular weight is 306 g/mol. The molecule has 1 aliphatic heterocycles. The largest absolute Gasteiger partial charge is 0.318 e. The van der Waals surface area contributed by atoms with E-state index >= 15 is 0 Å². The number of amides is 1. The molecule has 1 saturated carbocycles. The summed E-state index contributed by atoms with van der Waals surface area (Å²) in [5.41, 5.74) is 0. The van der Waals surface area contributed by atoms with Crippen molar-refractivity contribution in [3.8, 4) is 0 Å². The third kappa shape index (κ3) is 2.88. The van der Waals surface area contributed by atoms with Gasteiger partial charge in [0.15, 0.2) is 0 Å². The molecule has 3 unspecified atom stereocenters. The van der Waals surface area contributed by atoms with E-state index in [4.69, 9.17) is 0 Å². The van der Waals surface area contributed by atoms with Gasteiger partial charge in [0.1, 0.15) is 6.17 Å². The molecular formula is C17H26N2OS. The number of thiophene rings is 1. The fraction of sp³-hybridized carbons (Fsp3) is 0.706. The van der Waals surface area contributed by atoms with E-state index in [1.807, 2.05) is 0 Å². The molecule has 0 radical (unpaired) electrons. The van der Waals surface area contributed by atoms with Gasteiger partial charge >= 0.3 is 0 Å². The fourth-order valence-electron chi connectivity index (χ4n) is 3.54. The van der Waals surface area contributed by atoms with Crippen LogP contribution < -0.4 is 5.32 Å². The van der Waals surface area contributed by atoms with Gasteiger partial charge in [-0.15, -0.1) is 11.3 Å². The highest BCUT2D eigenvalue weighted by Crippen LogP contribution is 2.39. The third-order valence-corrected chi connectivity index (χ3v) is 5.91. The van der Waals surface area contributed by atoms with Crippen LogP contribution in [-0.4, -0.2) is 22.9 Å². The summed E-state index contributed by atoms with van der Waals surface area (Å²) in [6, 6.07) is 4.56. The van der Waals surface area contributed by atoms with Crippen LogP contribution in [0.15, 0.2) is 17.5 Å². The zero-order chi connectivity index (χ0) is 15.0. The second-order valence-electron chi connectivity index (χ2n) is 6.94. The number of rotatable bonds is 5. The van der Waals surface area contributed by atoms with Crippen LogP contribution in [0.25, 0.3) is 0 Å². The molecule has 1 aromatic rings. The zero-order valence-corrected chi connectivity index (χ0v) is 14.0. The van der Waals surface area contributed by atoms with Crippen molar-refractivity contribution in [3.63, 3.8) is 0 Å². The van der Waals surface area contributed by atoms with Crippen LogP contribution >= 0.6 is 11.3 Å². The van der Waals surface area contributed by atoms with Crippen molar-refractivity contribution in [2.75, 3.05) is 0 Å². The molecule has 1 saturated heterocycles. The number of carbonyl (C=O) groups excluding carboxylic acids is 1. The topological polar surface area (TPSA) is 32.3 Å². The SMILES string of the molecule is CC(C)CC1NC(c2cccs2)N(C(C)C2CCC2)C1=O. The Bertz CT molecular complexity index is 481. The number of nitrogens with one attached hydrogen (secondary N) is 1. The lowest BCUT2D eigenvalue weighted by Crippen LogP contribution is -2.44. The predicted octanol–water partition coefficient (Wildman–Crippen LogP) is 3.78. The molecule has 1 amide bonds.